The predicted molar refractivity (Wildman–Crippen MR) is 70.5 cm³/mol. The quantitative estimate of drug-likeness (QED) is 0.814. The Bertz CT molecular complexity index is 396. The van der Waals surface area contributed by atoms with Gasteiger partial charge in [-0.3, -0.25) is 4.74 Å². The van der Waals surface area contributed by atoms with Crippen LogP contribution in [0, 0.1) is 0 Å². The Kier molecular flexibility index (Phi) is 5.83. The summed E-state index contributed by atoms with van der Waals surface area (Å²) in [6, 6.07) is 7.21. The van der Waals surface area contributed by atoms with E-state index in [0.717, 1.165) is 12.1 Å². The van der Waals surface area contributed by atoms with Crippen LogP contribution in [0.15, 0.2) is 24.3 Å². The van der Waals surface area contributed by atoms with Gasteiger partial charge in [-0.2, -0.15) is 0 Å². The molecule has 0 atom stereocenters. The van der Waals surface area contributed by atoms with E-state index in [9.17, 15) is 13.2 Å². The number of hydrogen-bond donors (Lipinski definition) is 1. The van der Waals surface area contributed by atoms with Crippen LogP contribution in [0.4, 0.5) is 13.2 Å². The number of ether oxygens (including phenoxy) is 2. The van der Waals surface area contributed by atoms with Crippen molar-refractivity contribution in [2.45, 2.75) is 39.2 Å². The molecule has 20 heavy (non-hydrogen) atoms. The highest BCUT2D eigenvalue weighted by Crippen LogP contribution is 2.16. The van der Waals surface area contributed by atoms with Crippen LogP contribution in [-0.2, 0) is 11.3 Å². The summed E-state index contributed by atoms with van der Waals surface area (Å²) >= 11 is 0. The molecule has 0 spiro atoms. The molecule has 0 bridgehead atoms. The maximum Gasteiger partial charge on any atom is 0.522 e. The fraction of sp³-hybridized carbons (Fsp3) is 0.571. The maximum absolute atomic E-state index is 11.7. The van der Waals surface area contributed by atoms with Crippen LogP contribution in [0.1, 0.15) is 26.3 Å². The van der Waals surface area contributed by atoms with Crippen molar-refractivity contribution in [3.8, 4) is 5.75 Å². The average molecular weight is 291 g/mol. The summed E-state index contributed by atoms with van der Waals surface area (Å²) < 4.78 is 44.0. The largest absolute Gasteiger partial charge is 0.522 e. The van der Waals surface area contributed by atoms with E-state index in [1.54, 1.807) is 12.1 Å². The lowest BCUT2D eigenvalue weighted by atomic mass is 10.1. The molecule has 6 heteroatoms. The van der Waals surface area contributed by atoms with Crippen LogP contribution in [0.2, 0.25) is 0 Å². The molecule has 3 nitrogen and oxygen atoms in total. The normalized spacial score (nSPS) is 12.5. The van der Waals surface area contributed by atoms with Crippen molar-refractivity contribution < 1.29 is 22.6 Å². The van der Waals surface area contributed by atoms with E-state index in [1.165, 1.54) is 0 Å². The molecule has 0 aliphatic carbocycles. The third-order valence-electron chi connectivity index (χ3n) is 2.36. The van der Waals surface area contributed by atoms with Crippen LogP contribution in [-0.4, -0.2) is 25.1 Å². The maximum atomic E-state index is 11.7. The second kappa shape index (κ2) is 6.95. The summed E-state index contributed by atoms with van der Waals surface area (Å²) in [6.07, 6.45) is -4.61. The van der Waals surface area contributed by atoms with Crippen LogP contribution >= 0.6 is 0 Å². The van der Waals surface area contributed by atoms with Crippen molar-refractivity contribution in [2.24, 2.45) is 0 Å². The van der Waals surface area contributed by atoms with Crippen molar-refractivity contribution in [3.63, 3.8) is 0 Å². The molecule has 0 aliphatic rings. The second-order valence-corrected chi connectivity index (χ2v) is 5.39. The van der Waals surface area contributed by atoms with Crippen molar-refractivity contribution in [1.29, 1.82) is 0 Å². The van der Waals surface area contributed by atoms with E-state index in [1.807, 2.05) is 12.1 Å². The Morgan fingerprint density at radius 1 is 1.00 bits per heavy atom. The molecule has 114 valence electrons. The van der Waals surface area contributed by atoms with Gasteiger partial charge < -0.3 is 10.1 Å². The lowest BCUT2D eigenvalue weighted by Gasteiger charge is -2.20. The Labute approximate surface area is 117 Å². The minimum atomic E-state index is -4.61. The molecule has 1 aromatic rings. The van der Waals surface area contributed by atoms with E-state index in [2.05, 4.69) is 30.8 Å². The lowest BCUT2D eigenvalue weighted by Crippen LogP contribution is -2.35. The summed E-state index contributed by atoms with van der Waals surface area (Å²) in [5.74, 6) is 0.523. The standard InChI is InChI=1S/C14H20F3NO2/c1-13(2,3)18-10-11-4-6-12(7-5-11)19-8-9-20-14(15,16)17/h4-7,18H,8-10H2,1-3H3. The molecule has 0 saturated heterocycles. The molecule has 0 amide bonds. The zero-order chi connectivity index (χ0) is 15.2. The molecule has 1 rings (SSSR count). The highest BCUT2D eigenvalue weighted by atomic mass is 19.4. The Hall–Kier alpha value is -1.27. The Morgan fingerprint density at radius 3 is 2.10 bits per heavy atom. The molecule has 0 heterocycles. The first-order valence-electron chi connectivity index (χ1n) is 6.33. The average Bonchev–Trinajstić information content (AvgIpc) is 2.31. The van der Waals surface area contributed by atoms with Gasteiger partial charge in [-0.05, 0) is 38.5 Å². The van der Waals surface area contributed by atoms with Gasteiger partial charge in [0.2, 0.25) is 0 Å². The van der Waals surface area contributed by atoms with Crippen molar-refractivity contribution in [1.82, 2.24) is 5.32 Å². The fourth-order valence-electron chi connectivity index (χ4n) is 1.39. The van der Waals surface area contributed by atoms with E-state index in [-0.39, 0.29) is 12.1 Å². The molecular formula is C14H20F3NO2. The Morgan fingerprint density at radius 2 is 1.60 bits per heavy atom. The summed E-state index contributed by atoms with van der Waals surface area (Å²) in [5.41, 5.74) is 1.11. The first kappa shape index (κ1) is 16.8. The molecule has 0 aliphatic heterocycles. The van der Waals surface area contributed by atoms with Gasteiger partial charge in [-0.1, -0.05) is 12.1 Å². The van der Waals surface area contributed by atoms with Gasteiger partial charge in [-0.15, -0.1) is 13.2 Å². The number of hydrogen-bond acceptors (Lipinski definition) is 3. The lowest BCUT2D eigenvalue weighted by molar-refractivity contribution is -0.325. The van der Waals surface area contributed by atoms with Gasteiger partial charge in [0.05, 0.1) is 6.61 Å². The van der Waals surface area contributed by atoms with Gasteiger partial charge >= 0.3 is 6.36 Å². The smallest absolute Gasteiger partial charge is 0.491 e. The number of alkyl halides is 3. The van der Waals surface area contributed by atoms with Gasteiger partial charge in [0.25, 0.3) is 0 Å². The van der Waals surface area contributed by atoms with Crippen molar-refractivity contribution in [2.75, 3.05) is 13.2 Å². The SMILES string of the molecule is CC(C)(C)NCc1ccc(OCCOC(F)(F)F)cc1. The minimum Gasteiger partial charge on any atom is -0.491 e. The van der Waals surface area contributed by atoms with Gasteiger partial charge in [-0.25, -0.2) is 0 Å². The molecule has 0 radical (unpaired) electrons. The van der Waals surface area contributed by atoms with E-state index in [4.69, 9.17) is 4.74 Å². The number of halogens is 3. The summed E-state index contributed by atoms with van der Waals surface area (Å²) in [7, 11) is 0. The molecule has 1 N–H and O–H groups in total. The van der Waals surface area contributed by atoms with Gasteiger partial charge in [0, 0.05) is 12.1 Å². The molecular weight excluding hydrogens is 271 g/mol. The van der Waals surface area contributed by atoms with Crippen molar-refractivity contribution >= 4 is 0 Å². The topological polar surface area (TPSA) is 30.5 Å². The summed E-state index contributed by atoms with van der Waals surface area (Å²) in [6.45, 7) is 6.29. The highest BCUT2D eigenvalue weighted by Gasteiger charge is 2.28. The number of nitrogens with one attached hydrogen (secondary N) is 1. The van der Waals surface area contributed by atoms with Crippen LogP contribution in [0.5, 0.6) is 5.75 Å². The van der Waals surface area contributed by atoms with Gasteiger partial charge in [0.1, 0.15) is 12.4 Å². The van der Waals surface area contributed by atoms with Crippen LogP contribution < -0.4 is 10.1 Å². The third kappa shape index (κ3) is 8.01. The monoisotopic (exact) mass is 291 g/mol. The molecule has 1 aromatic carbocycles. The van der Waals surface area contributed by atoms with Gasteiger partial charge in [0.15, 0.2) is 0 Å². The summed E-state index contributed by atoms with van der Waals surface area (Å²) in [4.78, 5) is 0. The minimum absolute atomic E-state index is 0.0319. The van der Waals surface area contributed by atoms with E-state index in [0.29, 0.717) is 5.75 Å². The molecule has 0 aromatic heterocycles. The predicted octanol–water partition coefficient (Wildman–Crippen LogP) is 3.49. The summed E-state index contributed by atoms with van der Waals surface area (Å²) in [5, 5.41) is 3.34. The molecule has 0 saturated carbocycles. The first-order chi connectivity index (χ1) is 9.16. The molecule has 0 unspecified atom stereocenters. The second-order valence-electron chi connectivity index (χ2n) is 5.39. The molecule has 0 fully saturated rings. The number of rotatable bonds is 6. The first-order valence-corrected chi connectivity index (χ1v) is 6.33. The van der Waals surface area contributed by atoms with Crippen LogP contribution in [0.25, 0.3) is 0 Å². The van der Waals surface area contributed by atoms with E-state index >= 15 is 0 Å². The Balaban J connectivity index is 2.32. The zero-order valence-electron chi connectivity index (χ0n) is 11.9. The van der Waals surface area contributed by atoms with E-state index < -0.39 is 13.0 Å². The fourth-order valence-corrected chi connectivity index (χ4v) is 1.39. The third-order valence-corrected chi connectivity index (χ3v) is 2.36. The van der Waals surface area contributed by atoms with Crippen LogP contribution in [0.3, 0.4) is 0 Å². The number of benzene rings is 1. The highest BCUT2D eigenvalue weighted by molar-refractivity contribution is 5.27. The zero-order valence-corrected chi connectivity index (χ0v) is 11.9. The van der Waals surface area contributed by atoms with Crippen molar-refractivity contribution in [3.05, 3.63) is 29.8 Å².